The number of nitrogens with one attached hydrogen (secondary N) is 4. The van der Waals surface area contributed by atoms with Gasteiger partial charge in [0.05, 0.1) is 22.7 Å². The van der Waals surface area contributed by atoms with Crippen molar-refractivity contribution in [2.24, 2.45) is 0 Å². The van der Waals surface area contributed by atoms with Crippen LogP contribution in [0, 0.1) is 11.6 Å². The van der Waals surface area contributed by atoms with Crippen molar-refractivity contribution in [3.05, 3.63) is 104 Å². The number of urea groups is 2. The molecule has 0 aliphatic rings. The van der Waals surface area contributed by atoms with E-state index in [-0.39, 0.29) is 11.4 Å². The molecule has 0 aliphatic carbocycles. The van der Waals surface area contributed by atoms with Crippen LogP contribution >= 0.6 is 47.8 Å². The highest BCUT2D eigenvalue weighted by Crippen LogP contribution is 2.31. The van der Waals surface area contributed by atoms with Crippen molar-refractivity contribution < 1.29 is 28.6 Å². The first-order valence-electron chi connectivity index (χ1n) is 10.9. The second kappa shape index (κ2) is 13.9. The molecule has 4 rings (SSSR count). The first kappa shape index (κ1) is 29.9. The predicted octanol–water partition coefficient (Wildman–Crippen LogP) is 8.64. The number of carbonyl (C=O) groups excluding carboxylic acids is 2. The molecule has 0 heterocycles. The van der Waals surface area contributed by atoms with Crippen LogP contribution in [0.3, 0.4) is 0 Å². The second-order valence-corrected chi connectivity index (χ2v) is 10.2. The minimum absolute atomic E-state index is 0.00422. The van der Waals surface area contributed by atoms with Crippen LogP contribution in [0.4, 0.5) is 41.1 Å². The highest BCUT2D eigenvalue weighted by atomic mass is 79.9. The van der Waals surface area contributed by atoms with Crippen molar-refractivity contribution in [3.63, 3.8) is 0 Å². The van der Waals surface area contributed by atoms with E-state index < -0.39 is 35.2 Å². The number of aromatic hydroxyl groups is 2. The number of rotatable bonds is 4. The summed E-state index contributed by atoms with van der Waals surface area (Å²) in [5, 5.41) is 28.9. The van der Waals surface area contributed by atoms with Gasteiger partial charge in [-0.1, -0.05) is 46.3 Å². The fourth-order valence-electron chi connectivity index (χ4n) is 2.95. The van der Waals surface area contributed by atoms with Gasteiger partial charge in [-0.05, 0) is 80.4 Å². The van der Waals surface area contributed by atoms with Crippen LogP contribution in [0.25, 0.3) is 0 Å². The average molecular weight is 729 g/mol. The molecular formula is C26H19Br3F2N4O4. The van der Waals surface area contributed by atoms with Crippen molar-refractivity contribution in [1.29, 1.82) is 0 Å². The number of halogens is 5. The van der Waals surface area contributed by atoms with Crippen LogP contribution in [0.1, 0.15) is 0 Å². The first-order chi connectivity index (χ1) is 18.5. The van der Waals surface area contributed by atoms with E-state index in [9.17, 15) is 28.6 Å². The molecule has 0 aromatic heterocycles. The van der Waals surface area contributed by atoms with Gasteiger partial charge < -0.3 is 31.5 Å². The zero-order valence-electron chi connectivity index (χ0n) is 19.6. The molecule has 0 atom stereocenters. The Bertz CT molecular complexity index is 1510. The van der Waals surface area contributed by atoms with Crippen molar-refractivity contribution in [2.75, 3.05) is 21.3 Å². The number of phenolic OH excluding ortho intramolecular Hbond substituents is 2. The minimum Gasteiger partial charge on any atom is -0.503 e. The number of hydrogen-bond donors (Lipinski definition) is 6. The quantitative estimate of drug-likeness (QED) is 0.118. The third-order valence-electron chi connectivity index (χ3n) is 4.76. The molecule has 4 aromatic rings. The molecule has 13 heteroatoms. The Balaban J connectivity index is 0.000000216. The Morgan fingerprint density at radius 3 is 1.54 bits per heavy atom. The highest BCUT2D eigenvalue weighted by molar-refractivity contribution is 9.11. The summed E-state index contributed by atoms with van der Waals surface area (Å²) in [5.41, 5.74) is 1.10. The molecule has 0 unspecified atom stereocenters. The van der Waals surface area contributed by atoms with E-state index in [1.165, 1.54) is 18.2 Å². The molecule has 0 fully saturated rings. The maximum absolute atomic E-state index is 13.3. The van der Waals surface area contributed by atoms with Crippen molar-refractivity contribution in [2.45, 2.75) is 0 Å². The maximum atomic E-state index is 13.3. The Morgan fingerprint density at radius 1 is 0.564 bits per heavy atom. The average Bonchev–Trinajstić information content (AvgIpc) is 2.88. The lowest BCUT2D eigenvalue weighted by atomic mass is 10.3. The van der Waals surface area contributed by atoms with E-state index in [4.69, 9.17) is 0 Å². The molecule has 6 N–H and O–H groups in total. The van der Waals surface area contributed by atoms with Crippen LogP contribution in [0.15, 0.2) is 92.3 Å². The topological polar surface area (TPSA) is 123 Å². The number of hydrogen-bond acceptors (Lipinski definition) is 4. The normalized spacial score (nSPS) is 10.1. The summed E-state index contributed by atoms with van der Waals surface area (Å²) in [5.74, 6) is -2.82. The van der Waals surface area contributed by atoms with Crippen molar-refractivity contribution >= 4 is 82.6 Å². The van der Waals surface area contributed by atoms with Gasteiger partial charge in [-0.15, -0.1) is 0 Å². The fourth-order valence-corrected chi connectivity index (χ4v) is 4.15. The van der Waals surface area contributed by atoms with Gasteiger partial charge in [-0.2, -0.15) is 0 Å². The summed E-state index contributed by atoms with van der Waals surface area (Å²) in [4.78, 5) is 23.5. The fraction of sp³-hybridized carbons (Fsp3) is 0. The smallest absolute Gasteiger partial charge is 0.323 e. The number of phenols is 2. The SMILES string of the molecule is O=C(Nc1ccccc1Br)Nc1cc(Br)cc(F)c1O.O=C(Nc1ccccc1Br)Nc1cccc(F)c1O. The summed E-state index contributed by atoms with van der Waals surface area (Å²) >= 11 is 9.66. The van der Waals surface area contributed by atoms with Gasteiger partial charge >= 0.3 is 12.1 Å². The van der Waals surface area contributed by atoms with Gasteiger partial charge in [-0.3, -0.25) is 0 Å². The van der Waals surface area contributed by atoms with E-state index in [2.05, 4.69) is 69.1 Å². The van der Waals surface area contributed by atoms with E-state index in [0.29, 0.717) is 24.8 Å². The molecule has 0 spiro atoms. The van der Waals surface area contributed by atoms with Crippen LogP contribution in [0.2, 0.25) is 0 Å². The highest BCUT2D eigenvalue weighted by Gasteiger charge is 2.13. The molecule has 0 radical (unpaired) electrons. The third kappa shape index (κ3) is 8.67. The molecule has 202 valence electrons. The van der Waals surface area contributed by atoms with Gasteiger partial charge in [0.25, 0.3) is 0 Å². The van der Waals surface area contributed by atoms with Crippen molar-refractivity contribution in [1.82, 2.24) is 0 Å². The molecule has 0 saturated heterocycles. The van der Waals surface area contributed by atoms with Crippen molar-refractivity contribution in [3.8, 4) is 11.5 Å². The molecule has 0 aliphatic heterocycles. The number of para-hydroxylation sites is 3. The van der Waals surface area contributed by atoms with E-state index >= 15 is 0 Å². The van der Waals surface area contributed by atoms with E-state index in [1.807, 2.05) is 12.1 Å². The molecule has 0 saturated carbocycles. The Labute approximate surface area is 246 Å². The lowest BCUT2D eigenvalue weighted by Gasteiger charge is -2.11. The standard InChI is InChI=1S/C13H9Br2FN2O2.C13H10BrFN2O2/c14-7-5-9(16)12(19)11(6-7)18-13(20)17-10-4-2-1-3-8(10)15;14-8-4-1-2-6-10(8)16-13(19)17-11-7-3-5-9(15)12(11)18/h1-6,19H,(H2,17,18,20);1-7,18H,(H2,16,17,19). The van der Waals surface area contributed by atoms with Gasteiger partial charge in [0.15, 0.2) is 23.1 Å². The Hall–Kier alpha value is -3.68. The van der Waals surface area contributed by atoms with Gasteiger partial charge in [-0.25, -0.2) is 18.4 Å². The van der Waals surface area contributed by atoms with Crippen LogP contribution in [-0.2, 0) is 0 Å². The van der Waals surface area contributed by atoms with Gasteiger partial charge in [0, 0.05) is 13.4 Å². The monoisotopic (exact) mass is 726 g/mol. The first-order valence-corrected chi connectivity index (χ1v) is 13.2. The lowest BCUT2D eigenvalue weighted by Crippen LogP contribution is -2.19. The zero-order chi connectivity index (χ0) is 28.5. The van der Waals surface area contributed by atoms with E-state index in [1.54, 1.807) is 36.4 Å². The lowest BCUT2D eigenvalue weighted by molar-refractivity contribution is 0.261. The molecule has 0 bridgehead atoms. The molecule has 4 aromatic carbocycles. The minimum atomic E-state index is -0.824. The van der Waals surface area contributed by atoms with Crippen LogP contribution in [-0.4, -0.2) is 22.3 Å². The molecule has 4 amide bonds. The van der Waals surface area contributed by atoms with Gasteiger partial charge in [0.1, 0.15) is 0 Å². The van der Waals surface area contributed by atoms with Crippen LogP contribution in [0.5, 0.6) is 11.5 Å². The predicted molar refractivity (Wildman–Crippen MR) is 157 cm³/mol. The number of benzene rings is 4. The summed E-state index contributed by atoms with van der Waals surface area (Å²) in [6.45, 7) is 0. The second-order valence-electron chi connectivity index (χ2n) is 7.54. The van der Waals surface area contributed by atoms with Gasteiger partial charge in [0.2, 0.25) is 0 Å². The summed E-state index contributed by atoms with van der Waals surface area (Å²) in [6.07, 6.45) is 0. The molecule has 39 heavy (non-hydrogen) atoms. The largest absolute Gasteiger partial charge is 0.503 e. The summed E-state index contributed by atoms with van der Waals surface area (Å²) in [7, 11) is 0. The zero-order valence-corrected chi connectivity index (χ0v) is 24.4. The summed E-state index contributed by atoms with van der Waals surface area (Å²) in [6, 6.07) is 19.3. The number of amides is 4. The third-order valence-corrected chi connectivity index (χ3v) is 6.60. The summed E-state index contributed by atoms with van der Waals surface area (Å²) < 4.78 is 28.2. The molecule has 8 nitrogen and oxygen atoms in total. The maximum Gasteiger partial charge on any atom is 0.323 e. The number of anilines is 4. The Morgan fingerprint density at radius 2 is 1.00 bits per heavy atom. The Kier molecular flexibility index (Phi) is 10.7. The molecular weight excluding hydrogens is 710 g/mol. The van der Waals surface area contributed by atoms with Crippen LogP contribution < -0.4 is 21.3 Å². The number of carbonyl (C=O) groups is 2. The van der Waals surface area contributed by atoms with E-state index in [0.717, 1.165) is 12.1 Å².